The maximum Gasteiger partial charge on any atom is 0.416 e. The highest BCUT2D eigenvalue weighted by atomic mass is 32.2. The van der Waals surface area contributed by atoms with Gasteiger partial charge in [-0.3, -0.25) is 9.10 Å². The first-order valence-corrected chi connectivity index (χ1v) is 10.5. The Morgan fingerprint density at radius 1 is 1.10 bits per heavy atom. The van der Waals surface area contributed by atoms with Gasteiger partial charge >= 0.3 is 6.18 Å². The SMILES string of the molecule is CCOc1ccc(N([C@H](C)C(=O)Nc2ccc(C(F)(F)F)cc2)S(C)(=O)=O)cc1. The van der Waals surface area contributed by atoms with Gasteiger partial charge < -0.3 is 10.1 Å². The van der Waals surface area contributed by atoms with Crippen LogP contribution in [0.15, 0.2) is 48.5 Å². The molecule has 2 aromatic rings. The lowest BCUT2D eigenvalue weighted by molar-refractivity contribution is -0.137. The van der Waals surface area contributed by atoms with Gasteiger partial charge in [0.15, 0.2) is 0 Å². The number of ether oxygens (including phenoxy) is 1. The fourth-order valence-electron chi connectivity index (χ4n) is 2.65. The average molecular weight is 430 g/mol. The number of hydrogen-bond donors (Lipinski definition) is 1. The van der Waals surface area contributed by atoms with Crippen molar-refractivity contribution in [2.45, 2.75) is 26.1 Å². The Morgan fingerprint density at radius 3 is 2.10 bits per heavy atom. The predicted octanol–water partition coefficient (Wildman–Crippen LogP) is 3.90. The van der Waals surface area contributed by atoms with Gasteiger partial charge in [0.2, 0.25) is 15.9 Å². The van der Waals surface area contributed by atoms with E-state index in [0.717, 1.165) is 34.8 Å². The lowest BCUT2D eigenvalue weighted by Gasteiger charge is -2.28. The molecule has 0 aliphatic heterocycles. The van der Waals surface area contributed by atoms with E-state index in [1.807, 2.05) is 6.92 Å². The number of carbonyl (C=O) groups is 1. The summed E-state index contributed by atoms with van der Waals surface area (Å²) in [4.78, 5) is 12.6. The van der Waals surface area contributed by atoms with E-state index in [4.69, 9.17) is 4.74 Å². The van der Waals surface area contributed by atoms with Gasteiger partial charge in [0.05, 0.1) is 24.1 Å². The highest BCUT2D eigenvalue weighted by molar-refractivity contribution is 7.92. The van der Waals surface area contributed by atoms with Gasteiger partial charge in [-0.1, -0.05) is 0 Å². The van der Waals surface area contributed by atoms with Crippen LogP contribution in [0.4, 0.5) is 24.5 Å². The van der Waals surface area contributed by atoms with Crippen LogP contribution in [0.2, 0.25) is 0 Å². The fourth-order valence-corrected chi connectivity index (χ4v) is 3.83. The molecule has 0 bridgehead atoms. The first-order valence-electron chi connectivity index (χ1n) is 8.64. The third-order valence-corrected chi connectivity index (χ3v) is 5.21. The third kappa shape index (κ3) is 5.86. The second-order valence-electron chi connectivity index (χ2n) is 6.23. The van der Waals surface area contributed by atoms with Gasteiger partial charge in [-0.15, -0.1) is 0 Å². The molecular weight excluding hydrogens is 409 g/mol. The summed E-state index contributed by atoms with van der Waals surface area (Å²) < 4.78 is 68.7. The van der Waals surface area contributed by atoms with Crippen LogP contribution >= 0.6 is 0 Å². The Kier molecular flexibility index (Phi) is 6.78. The van der Waals surface area contributed by atoms with Crippen LogP contribution in [0.5, 0.6) is 5.75 Å². The van der Waals surface area contributed by atoms with E-state index in [2.05, 4.69) is 5.32 Å². The summed E-state index contributed by atoms with van der Waals surface area (Å²) in [6, 6.07) is 8.91. The molecule has 2 rings (SSSR count). The van der Waals surface area contributed by atoms with Crippen molar-refractivity contribution in [2.24, 2.45) is 0 Å². The van der Waals surface area contributed by atoms with Gasteiger partial charge in [0.1, 0.15) is 11.8 Å². The van der Waals surface area contributed by atoms with Crippen LogP contribution in [-0.2, 0) is 21.0 Å². The number of alkyl halides is 3. The Bertz CT molecular complexity index is 943. The number of sulfonamides is 1. The largest absolute Gasteiger partial charge is 0.494 e. The molecule has 1 atom stereocenters. The Labute approximate surface area is 167 Å². The van der Waals surface area contributed by atoms with E-state index in [9.17, 15) is 26.4 Å². The molecule has 0 saturated heterocycles. The Balaban J connectivity index is 2.22. The van der Waals surface area contributed by atoms with E-state index < -0.39 is 33.7 Å². The number of nitrogens with zero attached hydrogens (tertiary/aromatic N) is 1. The number of benzene rings is 2. The van der Waals surface area contributed by atoms with Crippen LogP contribution in [0.3, 0.4) is 0 Å². The van der Waals surface area contributed by atoms with Crippen LogP contribution in [-0.4, -0.2) is 33.2 Å². The molecule has 0 unspecified atom stereocenters. The number of halogens is 3. The summed E-state index contributed by atoms with van der Waals surface area (Å²) in [5, 5.41) is 2.44. The van der Waals surface area contributed by atoms with E-state index >= 15 is 0 Å². The highest BCUT2D eigenvalue weighted by Crippen LogP contribution is 2.30. The molecular formula is C19H21F3N2O4S. The minimum atomic E-state index is -4.49. The molecule has 158 valence electrons. The Hall–Kier alpha value is -2.75. The van der Waals surface area contributed by atoms with Crippen molar-refractivity contribution >= 4 is 27.3 Å². The molecule has 29 heavy (non-hydrogen) atoms. The normalized spacial score (nSPS) is 12.9. The molecule has 10 heteroatoms. The second kappa shape index (κ2) is 8.73. The summed E-state index contributed by atoms with van der Waals surface area (Å²) in [5.41, 5.74) is -0.475. The quantitative estimate of drug-likeness (QED) is 0.723. The molecule has 0 spiro atoms. The smallest absolute Gasteiger partial charge is 0.416 e. The first-order chi connectivity index (χ1) is 13.4. The third-order valence-electron chi connectivity index (χ3n) is 3.97. The predicted molar refractivity (Wildman–Crippen MR) is 104 cm³/mol. The maximum atomic E-state index is 12.6. The van der Waals surface area contributed by atoms with Crippen molar-refractivity contribution in [3.8, 4) is 5.75 Å². The van der Waals surface area contributed by atoms with Gasteiger partial charge in [0, 0.05) is 5.69 Å². The van der Waals surface area contributed by atoms with Crippen molar-refractivity contribution in [1.29, 1.82) is 0 Å². The second-order valence-corrected chi connectivity index (χ2v) is 8.09. The minimum absolute atomic E-state index is 0.120. The molecule has 0 aromatic heterocycles. The zero-order valence-electron chi connectivity index (χ0n) is 16.0. The molecule has 1 N–H and O–H groups in total. The monoisotopic (exact) mass is 430 g/mol. The van der Waals surface area contributed by atoms with Crippen molar-refractivity contribution in [2.75, 3.05) is 22.5 Å². The lowest BCUT2D eigenvalue weighted by Crippen LogP contribution is -2.45. The lowest BCUT2D eigenvalue weighted by atomic mass is 10.2. The molecule has 0 saturated carbocycles. The standard InChI is InChI=1S/C19H21F3N2O4S/c1-4-28-17-11-9-16(10-12-17)24(29(3,26)27)13(2)18(25)23-15-7-5-14(6-8-15)19(20,21)22/h5-13H,4H2,1-3H3,(H,23,25)/t13-/m1/s1. The molecule has 0 aliphatic rings. The van der Waals surface area contributed by atoms with Gasteiger partial charge in [-0.05, 0) is 62.4 Å². The maximum absolute atomic E-state index is 12.6. The Morgan fingerprint density at radius 2 is 1.66 bits per heavy atom. The molecule has 0 heterocycles. The topological polar surface area (TPSA) is 75.7 Å². The summed E-state index contributed by atoms with van der Waals surface area (Å²) in [7, 11) is -3.82. The number of hydrogen-bond acceptors (Lipinski definition) is 4. The highest BCUT2D eigenvalue weighted by Gasteiger charge is 2.31. The summed E-state index contributed by atoms with van der Waals surface area (Å²) in [6.07, 6.45) is -3.53. The van der Waals surface area contributed by atoms with E-state index in [1.54, 1.807) is 12.1 Å². The molecule has 1 amide bonds. The number of amides is 1. The van der Waals surface area contributed by atoms with Gasteiger partial charge in [-0.25, -0.2) is 8.42 Å². The zero-order valence-corrected chi connectivity index (χ0v) is 16.8. The molecule has 0 aliphatic carbocycles. The number of carbonyl (C=O) groups excluding carboxylic acids is 1. The van der Waals surface area contributed by atoms with E-state index in [1.165, 1.54) is 19.1 Å². The van der Waals surface area contributed by atoms with Crippen molar-refractivity contribution in [3.63, 3.8) is 0 Å². The van der Waals surface area contributed by atoms with Crippen LogP contribution in [0.1, 0.15) is 19.4 Å². The van der Waals surface area contributed by atoms with Crippen molar-refractivity contribution < 1.29 is 31.1 Å². The summed E-state index contributed by atoms with van der Waals surface area (Å²) in [5.74, 6) is -0.143. The average Bonchev–Trinajstić information content (AvgIpc) is 2.62. The van der Waals surface area contributed by atoms with Crippen molar-refractivity contribution in [3.05, 3.63) is 54.1 Å². The van der Waals surface area contributed by atoms with Gasteiger partial charge in [-0.2, -0.15) is 13.2 Å². The molecule has 2 aromatic carbocycles. The molecule has 6 nitrogen and oxygen atoms in total. The molecule has 0 fully saturated rings. The van der Waals surface area contributed by atoms with E-state index in [-0.39, 0.29) is 11.4 Å². The van der Waals surface area contributed by atoms with Crippen LogP contribution in [0, 0.1) is 0 Å². The summed E-state index contributed by atoms with van der Waals surface area (Å²) in [6.45, 7) is 3.64. The number of anilines is 2. The minimum Gasteiger partial charge on any atom is -0.494 e. The first kappa shape index (κ1) is 22.5. The number of nitrogens with one attached hydrogen (secondary N) is 1. The zero-order chi connectivity index (χ0) is 21.8. The van der Waals surface area contributed by atoms with E-state index in [0.29, 0.717) is 12.4 Å². The van der Waals surface area contributed by atoms with Crippen LogP contribution < -0.4 is 14.4 Å². The number of rotatable bonds is 7. The van der Waals surface area contributed by atoms with Crippen molar-refractivity contribution in [1.82, 2.24) is 0 Å². The van der Waals surface area contributed by atoms with Gasteiger partial charge in [0.25, 0.3) is 0 Å². The fraction of sp³-hybridized carbons (Fsp3) is 0.316. The summed E-state index contributed by atoms with van der Waals surface area (Å²) >= 11 is 0. The molecule has 0 radical (unpaired) electrons. The van der Waals surface area contributed by atoms with Crippen LogP contribution in [0.25, 0.3) is 0 Å².